The van der Waals surface area contributed by atoms with Gasteiger partial charge in [-0.25, -0.2) is 4.39 Å². The fourth-order valence-corrected chi connectivity index (χ4v) is 3.53. The Hall–Kier alpha value is -0.120. The molecule has 1 fully saturated rings. The van der Waals surface area contributed by atoms with Crippen molar-refractivity contribution in [1.82, 2.24) is 4.90 Å². The van der Waals surface area contributed by atoms with Gasteiger partial charge in [-0.3, -0.25) is 0 Å². The molecule has 0 heterocycles. The molecule has 17 heavy (non-hydrogen) atoms. The molecule has 1 aliphatic rings. The largest absolute Gasteiger partial charge is 0.302 e. The van der Waals surface area contributed by atoms with E-state index in [4.69, 9.17) is 11.6 Å². The number of halogens is 3. The molecular formula is C13H16BrClFN. The second-order valence-electron chi connectivity index (χ2n) is 4.87. The van der Waals surface area contributed by atoms with Crippen molar-refractivity contribution in [2.24, 2.45) is 5.92 Å². The highest BCUT2D eigenvalue weighted by molar-refractivity contribution is 9.09. The van der Waals surface area contributed by atoms with Crippen LogP contribution < -0.4 is 0 Å². The maximum atomic E-state index is 12.9. The molecule has 0 spiro atoms. The van der Waals surface area contributed by atoms with Gasteiger partial charge in [-0.2, -0.15) is 0 Å². The van der Waals surface area contributed by atoms with Crippen molar-refractivity contribution in [2.75, 3.05) is 13.6 Å². The minimum atomic E-state index is -0.275. The lowest BCUT2D eigenvalue weighted by Crippen LogP contribution is -2.34. The molecule has 0 aromatic heterocycles. The van der Waals surface area contributed by atoms with Gasteiger partial charge in [-0.05, 0) is 43.5 Å². The molecule has 0 N–H and O–H groups in total. The quantitative estimate of drug-likeness (QED) is 0.756. The minimum absolute atomic E-state index is 0.275. The third-order valence-electron chi connectivity index (χ3n) is 3.20. The molecule has 0 atom stereocenters. The van der Waals surface area contributed by atoms with Crippen LogP contribution in [0.1, 0.15) is 18.4 Å². The zero-order chi connectivity index (χ0) is 12.4. The van der Waals surface area contributed by atoms with Crippen LogP contribution in [-0.2, 0) is 6.54 Å². The number of nitrogens with zero attached hydrogens (tertiary/aromatic N) is 1. The van der Waals surface area contributed by atoms with Crippen LogP contribution in [0.5, 0.6) is 0 Å². The summed E-state index contributed by atoms with van der Waals surface area (Å²) in [5, 5.41) is 0.517. The molecule has 1 nitrogen and oxygen atoms in total. The van der Waals surface area contributed by atoms with Crippen molar-refractivity contribution in [2.45, 2.75) is 24.2 Å². The van der Waals surface area contributed by atoms with Crippen LogP contribution in [0.4, 0.5) is 4.39 Å². The summed E-state index contributed by atoms with van der Waals surface area (Å²) in [6.07, 6.45) is 2.50. The second kappa shape index (κ2) is 5.68. The van der Waals surface area contributed by atoms with Gasteiger partial charge >= 0.3 is 0 Å². The van der Waals surface area contributed by atoms with E-state index in [1.165, 1.54) is 25.0 Å². The summed E-state index contributed by atoms with van der Waals surface area (Å²) in [4.78, 5) is 2.96. The third kappa shape index (κ3) is 3.67. The van der Waals surface area contributed by atoms with Gasteiger partial charge in [0.2, 0.25) is 0 Å². The first-order chi connectivity index (χ1) is 8.04. The van der Waals surface area contributed by atoms with E-state index in [1.807, 2.05) is 0 Å². The fraction of sp³-hybridized carbons (Fsp3) is 0.538. The molecule has 0 saturated heterocycles. The Morgan fingerprint density at radius 3 is 2.76 bits per heavy atom. The van der Waals surface area contributed by atoms with Gasteiger partial charge in [0.25, 0.3) is 0 Å². The number of hydrogen-bond acceptors (Lipinski definition) is 1. The normalized spacial score (nSPS) is 23.8. The first-order valence-electron chi connectivity index (χ1n) is 5.81. The van der Waals surface area contributed by atoms with Gasteiger partial charge < -0.3 is 4.90 Å². The average Bonchev–Trinajstić information content (AvgIpc) is 2.20. The predicted octanol–water partition coefficient (Wildman–Crippen LogP) is 4.08. The minimum Gasteiger partial charge on any atom is -0.302 e. The van der Waals surface area contributed by atoms with Crippen molar-refractivity contribution < 1.29 is 4.39 Å². The molecule has 0 radical (unpaired) electrons. The summed E-state index contributed by atoms with van der Waals surface area (Å²) in [6.45, 7) is 1.86. The van der Waals surface area contributed by atoms with Crippen molar-refractivity contribution in [3.05, 3.63) is 34.6 Å². The summed E-state index contributed by atoms with van der Waals surface area (Å²) in [5.74, 6) is 0.506. The van der Waals surface area contributed by atoms with E-state index in [9.17, 15) is 4.39 Å². The van der Waals surface area contributed by atoms with Crippen LogP contribution in [0.2, 0.25) is 5.02 Å². The predicted molar refractivity (Wildman–Crippen MR) is 73.2 cm³/mol. The van der Waals surface area contributed by atoms with Crippen LogP contribution in [0.25, 0.3) is 0 Å². The van der Waals surface area contributed by atoms with Crippen LogP contribution >= 0.6 is 27.5 Å². The Bertz CT molecular complexity index is 393. The topological polar surface area (TPSA) is 3.24 Å². The molecular weight excluding hydrogens is 305 g/mol. The summed E-state index contributed by atoms with van der Waals surface area (Å²) in [6, 6.07) is 4.61. The molecule has 94 valence electrons. The van der Waals surface area contributed by atoms with Crippen LogP contribution in [0.3, 0.4) is 0 Å². The van der Waals surface area contributed by atoms with E-state index in [0.717, 1.165) is 24.6 Å². The molecule has 1 aliphatic carbocycles. The summed E-state index contributed by atoms with van der Waals surface area (Å²) < 4.78 is 12.9. The first kappa shape index (κ1) is 13.3. The van der Waals surface area contributed by atoms with Crippen molar-refractivity contribution in [3.63, 3.8) is 0 Å². The molecule has 1 aromatic rings. The Balaban J connectivity index is 1.87. The van der Waals surface area contributed by atoms with Gasteiger partial charge in [-0.15, -0.1) is 0 Å². The van der Waals surface area contributed by atoms with E-state index in [2.05, 4.69) is 27.9 Å². The van der Waals surface area contributed by atoms with Crippen LogP contribution in [0, 0.1) is 11.7 Å². The summed E-state index contributed by atoms with van der Waals surface area (Å²) in [7, 11) is 2.08. The molecule has 0 unspecified atom stereocenters. The van der Waals surface area contributed by atoms with Crippen molar-refractivity contribution in [3.8, 4) is 0 Å². The molecule has 4 heteroatoms. The summed E-state index contributed by atoms with van der Waals surface area (Å²) in [5.41, 5.74) is 0.991. The molecule has 2 rings (SSSR count). The number of benzene rings is 1. The lowest BCUT2D eigenvalue weighted by molar-refractivity contribution is 0.208. The maximum Gasteiger partial charge on any atom is 0.124 e. The zero-order valence-electron chi connectivity index (χ0n) is 9.80. The first-order valence-corrected chi connectivity index (χ1v) is 7.10. The average molecular weight is 321 g/mol. The molecule has 0 amide bonds. The Kier molecular flexibility index (Phi) is 4.45. The standard InChI is InChI=1S/C13H16BrClFN/c1-17(7-9-4-11(14)5-9)8-10-2-3-12(16)6-13(10)15/h2-3,6,9,11H,4-5,7-8H2,1H3. The van der Waals surface area contributed by atoms with E-state index in [-0.39, 0.29) is 5.82 Å². The summed E-state index contributed by atoms with van der Waals surface area (Å²) >= 11 is 9.60. The zero-order valence-corrected chi connectivity index (χ0v) is 12.1. The smallest absolute Gasteiger partial charge is 0.124 e. The third-order valence-corrected chi connectivity index (χ3v) is 4.30. The van der Waals surface area contributed by atoms with E-state index >= 15 is 0 Å². The molecule has 0 bridgehead atoms. The molecule has 0 aliphatic heterocycles. The van der Waals surface area contributed by atoms with E-state index < -0.39 is 0 Å². The Morgan fingerprint density at radius 2 is 2.18 bits per heavy atom. The van der Waals surface area contributed by atoms with Gasteiger partial charge in [0.15, 0.2) is 0 Å². The fourth-order valence-electron chi connectivity index (χ4n) is 2.25. The maximum absolute atomic E-state index is 12.9. The van der Waals surface area contributed by atoms with Gasteiger partial charge in [0.05, 0.1) is 0 Å². The van der Waals surface area contributed by atoms with Crippen molar-refractivity contribution >= 4 is 27.5 Å². The SMILES string of the molecule is CN(Cc1ccc(F)cc1Cl)CC1CC(Br)C1. The lowest BCUT2D eigenvalue weighted by Gasteiger charge is -2.34. The number of alkyl halides is 1. The van der Waals surface area contributed by atoms with Crippen LogP contribution in [-0.4, -0.2) is 23.3 Å². The number of rotatable bonds is 4. The highest BCUT2D eigenvalue weighted by atomic mass is 79.9. The highest BCUT2D eigenvalue weighted by Crippen LogP contribution is 2.33. The Morgan fingerprint density at radius 1 is 1.47 bits per heavy atom. The Labute approximate surface area is 115 Å². The monoisotopic (exact) mass is 319 g/mol. The highest BCUT2D eigenvalue weighted by Gasteiger charge is 2.27. The molecule has 1 saturated carbocycles. The van der Waals surface area contributed by atoms with Gasteiger partial charge in [-0.1, -0.05) is 33.6 Å². The van der Waals surface area contributed by atoms with E-state index in [1.54, 1.807) is 6.07 Å². The van der Waals surface area contributed by atoms with Crippen molar-refractivity contribution in [1.29, 1.82) is 0 Å². The second-order valence-corrected chi connectivity index (χ2v) is 6.57. The number of hydrogen-bond donors (Lipinski definition) is 0. The molecule has 1 aromatic carbocycles. The van der Waals surface area contributed by atoms with Gasteiger partial charge in [0.1, 0.15) is 5.82 Å². The van der Waals surface area contributed by atoms with Crippen LogP contribution in [0.15, 0.2) is 18.2 Å². The van der Waals surface area contributed by atoms with E-state index in [0.29, 0.717) is 9.85 Å². The van der Waals surface area contributed by atoms with Gasteiger partial charge in [0, 0.05) is 22.9 Å². The lowest BCUT2D eigenvalue weighted by atomic mass is 9.85.